The number of hydrogen-bond donors (Lipinski definition) is 1. The van der Waals surface area contributed by atoms with E-state index in [-0.39, 0.29) is 11.4 Å². The summed E-state index contributed by atoms with van der Waals surface area (Å²) >= 11 is 0. The summed E-state index contributed by atoms with van der Waals surface area (Å²) in [4.78, 5) is 16.2. The minimum absolute atomic E-state index is 0.189. The minimum Gasteiger partial charge on any atom is -0.361 e. The number of carbonyl (C=O) groups excluding carboxylic acids is 1. The van der Waals surface area contributed by atoms with Crippen molar-refractivity contribution in [3.05, 3.63) is 12.3 Å². The average molecular weight is 182 g/mol. The summed E-state index contributed by atoms with van der Waals surface area (Å²) in [7, 11) is 0. The third-order valence-electron chi connectivity index (χ3n) is 1.40. The monoisotopic (exact) mass is 182 g/mol. The summed E-state index contributed by atoms with van der Waals surface area (Å²) in [6.45, 7) is 9.30. The quantitative estimate of drug-likeness (QED) is 0.662. The number of nitrogens with zero attached hydrogens (tertiary/aromatic N) is 1. The zero-order valence-electron chi connectivity index (χ0n) is 8.18. The lowest BCUT2D eigenvalue weighted by atomic mass is 10.1. The van der Waals surface area contributed by atoms with Crippen molar-refractivity contribution in [1.29, 1.82) is 0 Å². The lowest BCUT2D eigenvalue weighted by Crippen LogP contribution is -2.43. The highest BCUT2D eigenvalue weighted by molar-refractivity contribution is 6.39. The van der Waals surface area contributed by atoms with Crippen LogP contribution in [-0.4, -0.2) is 17.2 Å². The molecule has 4 heteroatoms. The van der Waals surface area contributed by atoms with Gasteiger partial charge in [-0.15, -0.1) is 0 Å². The molecule has 0 fully saturated rings. The average Bonchev–Trinajstić information content (AvgIpc) is 2.31. The molecule has 0 unspecified atom stereocenters. The topological polar surface area (TPSA) is 50.7 Å². The van der Waals surface area contributed by atoms with Gasteiger partial charge in [0.15, 0.2) is 5.71 Å². The molecule has 1 heterocycles. The zero-order valence-corrected chi connectivity index (χ0v) is 8.18. The molecule has 1 N–H and O–H groups in total. The SMILES string of the molecule is C=C1CC(C(=O)NC(C)(C)C)=NO1. The molecule has 13 heavy (non-hydrogen) atoms. The van der Waals surface area contributed by atoms with E-state index in [9.17, 15) is 4.79 Å². The number of hydrogen-bond acceptors (Lipinski definition) is 3. The largest absolute Gasteiger partial charge is 0.361 e. The predicted molar refractivity (Wildman–Crippen MR) is 50.2 cm³/mol. The van der Waals surface area contributed by atoms with E-state index in [2.05, 4.69) is 17.1 Å². The summed E-state index contributed by atoms with van der Waals surface area (Å²) in [6, 6.07) is 0. The molecule has 0 aromatic heterocycles. The van der Waals surface area contributed by atoms with Crippen LogP contribution in [0.25, 0.3) is 0 Å². The third-order valence-corrected chi connectivity index (χ3v) is 1.40. The van der Waals surface area contributed by atoms with Crippen molar-refractivity contribution >= 4 is 11.6 Å². The molecule has 0 spiro atoms. The first-order chi connectivity index (χ1) is 5.88. The van der Waals surface area contributed by atoms with Crippen molar-refractivity contribution < 1.29 is 9.63 Å². The fourth-order valence-corrected chi connectivity index (χ4v) is 0.905. The van der Waals surface area contributed by atoms with Gasteiger partial charge in [0.05, 0.1) is 6.42 Å². The van der Waals surface area contributed by atoms with Gasteiger partial charge in [0.1, 0.15) is 5.76 Å². The van der Waals surface area contributed by atoms with Crippen molar-refractivity contribution in [1.82, 2.24) is 5.32 Å². The van der Waals surface area contributed by atoms with Gasteiger partial charge in [0.25, 0.3) is 5.91 Å². The van der Waals surface area contributed by atoms with E-state index in [0.29, 0.717) is 17.9 Å². The number of nitrogens with one attached hydrogen (secondary N) is 1. The van der Waals surface area contributed by atoms with Crippen LogP contribution in [-0.2, 0) is 9.63 Å². The maximum absolute atomic E-state index is 11.4. The van der Waals surface area contributed by atoms with Gasteiger partial charge in [-0.2, -0.15) is 0 Å². The smallest absolute Gasteiger partial charge is 0.269 e. The van der Waals surface area contributed by atoms with Crippen molar-refractivity contribution in [2.45, 2.75) is 32.7 Å². The minimum atomic E-state index is -0.247. The highest BCUT2D eigenvalue weighted by Gasteiger charge is 2.23. The van der Waals surface area contributed by atoms with E-state index in [1.54, 1.807) is 0 Å². The Labute approximate surface area is 77.6 Å². The first kappa shape index (κ1) is 9.77. The lowest BCUT2D eigenvalue weighted by molar-refractivity contribution is -0.116. The van der Waals surface area contributed by atoms with Crippen LogP contribution in [0.4, 0.5) is 0 Å². The summed E-state index contributed by atoms with van der Waals surface area (Å²) in [5.74, 6) is 0.324. The van der Waals surface area contributed by atoms with E-state index >= 15 is 0 Å². The Hall–Kier alpha value is -1.32. The second-order valence-electron chi connectivity index (χ2n) is 4.05. The van der Waals surface area contributed by atoms with Crippen LogP contribution < -0.4 is 5.32 Å². The van der Waals surface area contributed by atoms with Gasteiger partial charge in [0, 0.05) is 5.54 Å². The first-order valence-electron chi connectivity index (χ1n) is 4.13. The molecule has 0 saturated heterocycles. The van der Waals surface area contributed by atoms with Crippen LogP contribution in [0.2, 0.25) is 0 Å². The Morgan fingerprint density at radius 2 is 2.23 bits per heavy atom. The fourth-order valence-electron chi connectivity index (χ4n) is 0.905. The van der Waals surface area contributed by atoms with Gasteiger partial charge in [-0.1, -0.05) is 11.7 Å². The molecule has 4 nitrogen and oxygen atoms in total. The van der Waals surface area contributed by atoms with Gasteiger partial charge >= 0.3 is 0 Å². The molecule has 72 valence electrons. The molecular weight excluding hydrogens is 168 g/mol. The van der Waals surface area contributed by atoms with E-state index in [4.69, 9.17) is 4.84 Å². The van der Waals surface area contributed by atoms with Crippen LogP contribution in [0.5, 0.6) is 0 Å². The van der Waals surface area contributed by atoms with Crippen LogP contribution in [0, 0.1) is 0 Å². The summed E-state index contributed by atoms with van der Waals surface area (Å²) in [6.07, 6.45) is 0.405. The van der Waals surface area contributed by atoms with Crippen LogP contribution in [0.15, 0.2) is 17.5 Å². The Balaban J connectivity index is 2.55. The van der Waals surface area contributed by atoms with Crippen LogP contribution in [0.3, 0.4) is 0 Å². The normalized spacial score (nSPS) is 16.5. The highest BCUT2D eigenvalue weighted by atomic mass is 16.6. The Bertz CT molecular complexity index is 274. The third kappa shape index (κ3) is 2.89. The fraction of sp³-hybridized carbons (Fsp3) is 0.556. The van der Waals surface area contributed by atoms with Crippen LogP contribution in [0.1, 0.15) is 27.2 Å². The van der Waals surface area contributed by atoms with Crippen molar-refractivity contribution in [2.75, 3.05) is 0 Å². The zero-order chi connectivity index (χ0) is 10.1. The molecule has 0 atom stereocenters. The van der Waals surface area contributed by atoms with Gasteiger partial charge < -0.3 is 10.2 Å². The summed E-state index contributed by atoms with van der Waals surface area (Å²) in [5.41, 5.74) is 0.142. The molecule has 0 bridgehead atoms. The van der Waals surface area contributed by atoms with Gasteiger partial charge in [-0.25, -0.2) is 0 Å². The van der Waals surface area contributed by atoms with Gasteiger partial charge in [-0.05, 0) is 20.8 Å². The predicted octanol–water partition coefficient (Wildman–Crippen LogP) is 1.19. The molecule has 1 aliphatic rings. The Morgan fingerprint density at radius 1 is 1.62 bits per heavy atom. The molecule has 1 aliphatic heterocycles. The number of oxime groups is 1. The maximum atomic E-state index is 11.4. The molecule has 0 aromatic carbocycles. The van der Waals surface area contributed by atoms with Gasteiger partial charge in [-0.3, -0.25) is 4.79 Å². The molecule has 1 rings (SSSR count). The van der Waals surface area contributed by atoms with E-state index in [1.807, 2.05) is 20.8 Å². The maximum Gasteiger partial charge on any atom is 0.269 e. The molecule has 1 amide bonds. The van der Waals surface area contributed by atoms with E-state index in [1.165, 1.54) is 0 Å². The molecule has 0 aromatic rings. The van der Waals surface area contributed by atoms with Crippen molar-refractivity contribution in [3.63, 3.8) is 0 Å². The number of carbonyl (C=O) groups is 1. The van der Waals surface area contributed by atoms with E-state index < -0.39 is 0 Å². The van der Waals surface area contributed by atoms with Crippen molar-refractivity contribution in [2.24, 2.45) is 5.16 Å². The second-order valence-corrected chi connectivity index (χ2v) is 4.05. The molecular formula is C9H14N2O2. The standard InChI is InChI=1S/C9H14N2O2/c1-6-5-7(11-13-6)8(12)10-9(2,3)4/h1,5H2,2-4H3,(H,10,12). The molecule has 0 saturated carbocycles. The second kappa shape index (κ2) is 3.20. The summed E-state index contributed by atoms with van der Waals surface area (Å²) < 4.78 is 0. The van der Waals surface area contributed by atoms with Crippen LogP contribution >= 0.6 is 0 Å². The van der Waals surface area contributed by atoms with Crippen molar-refractivity contribution in [3.8, 4) is 0 Å². The first-order valence-corrected chi connectivity index (χ1v) is 4.13. The summed E-state index contributed by atoms with van der Waals surface area (Å²) in [5, 5.41) is 6.40. The Morgan fingerprint density at radius 3 is 2.62 bits per heavy atom. The molecule has 0 radical (unpaired) electrons. The molecule has 0 aliphatic carbocycles. The number of allylic oxidation sites excluding steroid dienone is 1. The highest BCUT2D eigenvalue weighted by Crippen LogP contribution is 2.12. The number of rotatable bonds is 1. The van der Waals surface area contributed by atoms with Gasteiger partial charge in [0.2, 0.25) is 0 Å². The Kier molecular flexibility index (Phi) is 2.40. The van der Waals surface area contributed by atoms with E-state index in [0.717, 1.165) is 0 Å². The number of amides is 1. The lowest BCUT2D eigenvalue weighted by Gasteiger charge is -2.19.